The van der Waals surface area contributed by atoms with E-state index in [0.717, 1.165) is 18.6 Å². The number of halogens is 1. The molecule has 2 aliphatic carbocycles. The van der Waals surface area contributed by atoms with Crippen molar-refractivity contribution < 1.29 is 28.3 Å². The van der Waals surface area contributed by atoms with Crippen molar-refractivity contribution in [2.45, 2.75) is 13.3 Å². The van der Waals surface area contributed by atoms with Crippen molar-refractivity contribution in [3.8, 4) is 0 Å². The zero-order valence-electron chi connectivity index (χ0n) is 17.3. The lowest BCUT2D eigenvalue weighted by molar-refractivity contribution is -0.123. The summed E-state index contributed by atoms with van der Waals surface area (Å²) in [5, 5.41) is 0. The predicted octanol–water partition coefficient (Wildman–Crippen LogP) is 3.57. The lowest BCUT2D eigenvalue weighted by Gasteiger charge is -2.19. The van der Waals surface area contributed by atoms with Crippen LogP contribution in [0.5, 0.6) is 0 Å². The molecule has 5 rings (SSSR count). The maximum absolute atomic E-state index is 13.1. The Morgan fingerprint density at radius 3 is 2.50 bits per heavy atom. The van der Waals surface area contributed by atoms with Gasteiger partial charge in [0.05, 0.1) is 23.1 Å². The molecule has 2 aromatic carbocycles. The van der Waals surface area contributed by atoms with Gasteiger partial charge in [-0.3, -0.25) is 14.4 Å². The molecule has 3 aliphatic rings. The molecule has 0 N–H and O–H groups in total. The van der Waals surface area contributed by atoms with E-state index < -0.39 is 24.2 Å². The zero-order chi connectivity index (χ0) is 22.6. The van der Waals surface area contributed by atoms with Crippen molar-refractivity contribution in [3.63, 3.8) is 0 Å². The normalized spacial score (nSPS) is 25.7. The van der Waals surface area contributed by atoms with Gasteiger partial charge in [-0.15, -0.1) is 0 Å². The highest BCUT2D eigenvalue weighted by molar-refractivity contribution is 6.23. The predicted molar refractivity (Wildman–Crippen MR) is 112 cm³/mol. The minimum atomic E-state index is -0.751. The Hall–Kier alpha value is -3.61. The van der Waals surface area contributed by atoms with Crippen LogP contribution in [-0.4, -0.2) is 30.2 Å². The number of carbonyl (C=O) groups excluding carboxylic acids is 4. The first-order chi connectivity index (χ1) is 15.3. The first-order valence-electron chi connectivity index (χ1n) is 10.5. The molecule has 6 nitrogen and oxygen atoms in total. The molecule has 32 heavy (non-hydrogen) atoms. The van der Waals surface area contributed by atoms with Crippen molar-refractivity contribution in [2.24, 2.45) is 23.7 Å². The van der Waals surface area contributed by atoms with Crippen molar-refractivity contribution in [2.75, 3.05) is 11.5 Å². The number of allylic oxidation sites excluding steroid dienone is 2. The highest BCUT2D eigenvalue weighted by atomic mass is 19.1. The Morgan fingerprint density at radius 2 is 1.75 bits per heavy atom. The summed E-state index contributed by atoms with van der Waals surface area (Å²) < 4.78 is 18.1. The van der Waals surface area contributed by atoms with Gasteiger partial charge in [-0.25, -0.2) is 14.1 Å². The van der Waals surface area contributed by atoms with Gasteiger partial charge in [0.1, 0.15) is 5.82 Å². The van der Waals surface area contributed by atoms with Gasteiger partial charge in [-0.2, -0.15) is 0 Å². The van der Waals surface area contributed by atoms with Crippen LogP contribution in [-0.2, 0) is 14.3 Å². The Bertz CT molecular complexity index is 1190. The van der Waals surface area contributed by atoms with E-state index in [4.69, 9.17) is 4.74 Å². The third-order valence-corrected chi connectivity index (χ3v) is 6.72. The molecule has 0 spiro atoms. The molecule has 1 saturated carbocycles. The number of amides is 2. The van der Waals surface area contributed by atoms with Crippen LogP contribution in [0.1, 0.15) is 34.1 Å². The molecule has 2 bridgehead atoms. The number of rotatable bonds is 5. The molecule has 162 valence electrons. The van der Waals surface area contributed by atoms with Crippen LogP contribution >= 0.6 is 0 Å². The number of imide groups is 1. The number of hydrogen-bond acceptors (Lipinski definition) is 5. The van der Waals surface area contributed by atoms with E-state index in [9.17, 15) is 23.6 Å². The van der Waals surface area contributed by atoms with Crippen LogP contribution in [0.4, 0.5) is 10.1 Å². The van der Waals surface area contributed by atoms with Crippen LogP contribution in [0, 0.1) is 29.5 Å². The summed E-state index contributed by atoms with van der Waals surface area (Å²) >= 11 is 0. The Balaban J connectivity index is 1.30. The number of anilines is 1. The Kier molecular flexibility index (Phi) is 4.77. The van der Waals surface area contributed by atoms with Gasteiger partial charge < -0.3 is 4.74 Å². The van der Waals surface area contributed by atoms with Gasteiger partial charge in [-0.05, 0) is 67.6 Å². The average Bonchev–Trinajstić information content (AvgIpc) is 3.42. The van der Waals surface area contributed by atoms with Crippen molar-refractivity contribution in [1.29, 1.82) is 0 Å². The van der Waals surface area contributed by atoms with Gasteiger partial charge >= 0.3 is 5.97 Å². The quantitative estimate of drug-likeness (QED) is 0.312. The summed E-state index contributed by atoms with van der Waals surface area (Å²) in [7, 11) is 0. The molecule has 0 unspecified atom stereocenters. The molecule has 0 radical (unpaired) electrons. The van der Waals surface area contributed by atoms with Gasteiger partial charge in [0.2, 0.25) is 11.8 Å². The number of nitrogens with zero attached hydrogens (tertiary/aromatic N) is 1. The number of fused-ring (bicyclic) bond motifs is 5. The molecule has 1 aliphatic heterocycles. The van der Waals surface area contributed by atoms with E-state index in [2.05, 4.69) is 6.08 Å². The monoisotopic (exact) mass is 433 g/mol. The number of carbonyl (C=O) groups is 4. The van der Waals surface area contributed by atoms with E-state index in [-0.39, 0.29) is 46.6 Å². The standard InChI is InChI=1S/C25H20FNO5/c1-13-9-16-11-19(13)22-21(16)23(29)27(24(22)30)18-4-2-3-15(10-18)25(31)32-12-20(28)14-5-7-17(26)8-6-14/h2-10,16,19,21-22H,11-12H2,1H3/t16-,19-,21+,22+/m0/s1. The van der Waals surface area contributed by atoms with Gasteiger partial charge in [0, 0.05) is 5.56 Å². The van der Waals surface area contributed by atoms with E-state index >= 15 is 0 Å². The highest BCUT2D eigenvalue weighted by Crippen LogP contribution is 2.55. The summed E-state index contributed by atoms with van der Waals surface area (Å²) in [5.41, 5.74) is 1.85. The van der Waals surface area contributed by atoms with Gasteiger partial charge in [-0.1, -0.05) is 17.7 Å². The second-order valence-electron chi connectivity index (χ2n) is 8.54. The number of esters is 1. The topological polar surface area (TPSA) is 80.8 Å². The fourth-order valence-corrected chi connectivity index (χ4v) is 5.23. The van der Waals surface area contributed by atoms with Crippen molar-refractivity contribution in [1.82, 2.24) is 0 Å². The zero-order valence-corrected chi connectivity index (χ0v) is 17.3. The molecule has 2 aromatic rings. The summed E-state index contributed by atoms with van der Waals surface area (Å²) in [6, 6.07) is 11.1. The van der Waals surface area contributed by atoms with E-state index in [0.29, 0.717) is 5.69 Å². The fraction of sp³-hybridized carbons (Fsp3) is 0.280. The van der Waals surface area contributed by atoms with Crippen LogP contribution < -0.4 is 4.90 Å². The number of ether oxygens (including phenoxy) is 1. The molecule has 1 heterocycles. The number of hydrogen-bond donors (Lipinski definition) is 0. The third-order valence-electron chi connectivity index (χ3n) is 6.72. The number of Topliss-reactive ketones (excluding diaryl/α,β-unsaturated/α-hetero) is 1. The summed E-state index contributed by atoms with van der Waals surface area (Å²) in [6.07, 6.45) is 2.95. The first kappa shape index (κ1) is 20.3. The Morgan fingerprint density at radius 1 is 1.03 bits per heavy atom. The lowest BCUT2D eigenvalue weighted by atomic mass is 9.82. The molecule has 7 heteroatoms. The van der Waals surface area contributed by atoms with Crippen LogP contribution in [0.2, 0.25) is 0 Å². The number of benzene rings is 2. The van der Waals surface area contributed by atoms with Crippen LogP contribution in [0.25, 0.3) is 0 Å². The van der Waals surface area contributed by atoms with E-state index in [1.807, 2.05) is 6.92 Å². The smallest absolute Gasteiger partial charge is 0.338 e. The summed E-state index contributed by atoms with van der Waals surface area (Å²) in [6.45, 7) is 1.50. The summed E-state index contributed by atoms with van der Waals surface area (Å²) in [5.74, 6) is -2.60. The molecular formula is C25H20FNO5. The molecule has 1 saturated heterocycles. The van der Waals surface area contributed by atoms with Crippen molar-refractivity contribution in [3.05, 3.63) is 77.1 Å². The highest BCUT2D eigenvalue weighted by Gasteiger charge is 2.60. The minimum absolute atomic E-state index is 0.0945. The second-order valence-corrected chi connectivity index (χ2v) is 8.54. The van der Waals surface area contributed by atoms with E-state index in [1.165, 1.54) is 34.7 Å². The van der Waals surface area contributed by atoms with Crippen LogP contribution in [0.3, 0.4) is 0 Å². The molecule has 0 aromatic heterocycles. The average molecular weight is 433 g/mol. The largest absolute Gasteiger partial charge is 0.454 e. The van der Waals surface area contributed by atoms with E-state index in [1.54, 1.807) is 12.1 Å². The fourth-order valence-electron chi connectivity index (χ4n) is 5.23. The summed E-state index contributed by atoms with van der Waals surface area (Å²) in [4.78, 5) is 52.0. The molecular weight excluding hydrogens is 413 g/mol. The first-order valence-corrected chi connectivity index (χ1v) is 10.5. The maximum atomic E-state index is 13.1. The van der Waals surface area contributed by atoms with Crippen LogP contribution in [0.15, 0.2) is 60.2 Å². The minimum Gasteiger partial charge on any atom is -0.454 e. The van der Waals surface area contributed by atoms with Gasteiger partial charge in [0.25, 0.3) is 0 Å². The third kappa shape index (κ3) is 3.16. The maximum Gasteiger partial charge on any atom is 0.338 e. The van der Waals surface area contributed by atoms with Gasteiger partial charge in [0.15, 0.2) is 12.4 Å². The lowest BCUT2D eigenvalue weighted by Crippen LogP contribution is -2.33. The molecule has 4 atom stereocenters. The molecule has 2 amide bonds. The second kappa shape index (κ2) is 7.51. The molecule has 2 fully saturated rings. The Labute approximate surface area is 183 Å². The number of ketones is 1. The van der Waals surface area contributed by atoms with Crippen molar-refractivity contribution >= 4 is 29.3 Å². The SMILES string of the molecule is CC1=C[C@H]2C[C@@H]1[C@H]1C(=O)N(c3cccc(C(=O)OCC(=O)c4ccc(F)cc4)c3)C(=O)[C@@H]12.